The number of aryl methyl sites for hydroxylation is 1. The molecule has 1 aromatic heterocycles. The van der Waals surface area contributed by atoms with Gasteiger partial charge >= 0.3 is 0 Å². The Hall–Kier alpha value is -2.81. The van der Waals surface area contributed by atoms with E-state index in [1.807, 2.05) is 42.5 Å². The Morgan fingerprint density at radius 1 is 0.920 bits per heavy atom. The molecule has 126 valence electrons. The highest BCUT2D eigenvalue weighted by molar-refractivity contribution is 5.80. The zero-order valence-electron chi connectivity index (χ0n) is 14.0. The third-order valence-corrected chi connectivity index (χ3v) is 4.18. The number of ketones is 1. The van der Waals surface area contributed by atoms with Gasteiger partial charge in [-0.25, -0.2) is 4.39 Å². The third-order valence-electron chi connectivity index (χ3n) is 4.18. The second-order valence-corrected chi connectivity index (χ2v) is 6.11. The van der Waals surface area contributed by atoms with Crippen molar-refractivity contribution < 1.29 is 9.18 Å². The molecule has 0 aliphatic rings. The lowest BCUT2D eigenvalue weighted by Crippen LogP contribution is -2.03. The number of nitrogens with zero attached hydrogens (tertiary/aromatic N) is 1. The topological polar surface area (TPSA) is 30.0 Å². The van der Waals surface area contributed by atoms with Crippen molar-refractivity contribution in [3.63, 3.8) is 0 Å². The zero-order chi connectivity index (χ0) is 17.5. The van der Waals surface area contributed by atoms with E-state index >= 15 is 0 Å². The van der Waals surface area contributed by atoms with E-state index in [1.165, 1.54) is 6.07 Å². The Labute approximate surface area is 147 Å². The van der Waals surface area contributed by atoms with Crippen LogP contribution in [0.1, 0.15) is 24.0 Å². The predicted molar refractivity (Wildman–Crippen MR) is 97.7 cm³/mol. The Morgan fingerprint density at radius 3 is 2.44 bits per heavy atom. The fraction of sp³-hybridized carbons (Fsp3) is 0.182. The molecule has 2 aromatic carbocycles. The molecule has 0 radical (unpaired) electrons. The maximum Gasteiger partial charge on any atom is 0.137 e. The molecule has 0 aliphatic heterocycles. The molecule has 0 bridgehead atoms. The maximum absolute atomic E-state index is 13.8. The van der Waals surface area contributed by atoms with Gasteiger partial charge in [-0.05, 0) is 41.7 Å². The van der Waals surface area contributed by atoms with Crippen LogP contribution in [0.5, 0.6) is 0 Å². The summed E-state index contributed by atoms with van der Waals surface area (Å²) >= 11 is 0. The summed E-state index contributed by atoms with van der Waals surface area (Å²) in [4.78, 5) is 16.0. The van der Waals surface area contributed by atoms with E-state index in [0.717, 1.165) is 29.5 Å². The smallest absolute Gasteiger partial charge is 0.137 e. The molecule has 0 fully saturated rings. The first kappa shape index (κ1) is 17.0. The average molecular weight is 333 g/mol. The number of benzene rings is 2. The molecule has 0 N–H and O–H groups in total. The van der Waals surface area contributed by atoms with Crippen molar-refractivity contribution in [1.82, 2.24) is 4.98 Å². The van der Waals surface area contributed by atoms with Gasteiger partial charge in [-0.2, -0.15) is 0 Å². The van der Waals surface area contributed by atoms with E-state index in [9.17, 15) is 9.18 Å². The van der Waals surface area contributed by atoms with Gasteiger partial charge in [0.15, 0.2) is 0 Å². The van der Waals surface area contributed by atoms with Gasteiger partial charge in [-0.1, -0.05) is 48.5 Å². The number of rotatable bonds is 7. The van der Waals surface area contributed by atoms with Crippen LogP contribution in [0, 0.1) is 5.82 Å². The highest BCUT2D eigenvalue weighted by Gasteiger charge is 2.06. The molecule has 0 saturated heterocycles. The Balaban J connectivity index is 1.51. The minimum atomic E-state index is -0.212. The fourth-order valence-electron chi connectivity index (χ4n) is 2.85. The minimum absolute atomic E-state index is 0.212. The Morgan fingerprint density at radius 2 is 1.72 bits per heavy atom. The number of hydrogen-bond donors (Lipinski definition) is 0. The summed E-state index contributed by atoms with van der Waals surface area (Å²) in [6.07, 6.45) is 6.11. The van der Waals surface area contributed by atoms with Crippen LogP contribution in [0.2, 0.25) is 0 Å². The SMILES string of the molecule is O=C(CCCc1ccc(-c2ccccc2F)cc1)Cc1cccnc1. The molecular weight excluding hydrogens is 313 g/mol. The van der Waals surface area contributed by atoms with E-state index in [0.29, 0.717) is 18.4 Å². The van der Waals surface area contributed by atoms with Crippen molar-refractivity contribution >= 4 is 5.78 Å². The van der Waals surface area contributed by atoms with Gasteiger partial charge in [0.05, 0.1) is 0 Å². The van der Waals surface area contributed by atoms with Crippen LogP contribution in [0.15, 0.2) is 73.1 Å². The summed E-state index contributed by atoms with van der Waals surface area (Å²) in [5, 5.41) is 0. The lowest BCUT2D eigenvalue weighted by Gasteiger charge is -2.06. The van der Waals surface area contributed by atoms with Crippen LogP contribution < -0.4 is 0 Å². The summed E-state index contributed by atoms with van der Waals surface area (Å²) in [5.41, 5.74) is 3.60. The van der Waals surface area contributed by atoms with E-state index in [2.05, 4.69) is 4.98 Å². The standard InChI is InChI=1S/C22H20FNO/c23-22-9-2-1-8-21(22)19-12-10-17(11-13-19)5-3-7-20(25)15-18-6-4-14-24-16-18/h1-2,4,6,8-14,16H,3,5,7,15H2. The highest BCUT2D eigenvalue weighted by atomic mass is 19.1. The average Bonchev–Trinajstić information content (AvgIpc) is 2.64. The quantitative estimate of drug-likeness (QED) is 0.607. The molecule has 0 atom stereocenters. The number of halogens is 1. The molecule has 0 amide bonds. The molecule has 3 heteroatoms. The Kier molecular flexibility index (Phi) is 5.68. The largest absolute Gasteiger partial charge is 0.299 e. The fourth-order valence-corrected chi connectivity index (χ4v) is 2.85. The van der Waals surface area contributed by atoms with Crippen molar-refractivity contribution in [2.24, 2.45) is 0 Å². The lowest BCUT2D eigenvalue weighted by atomic mass is 10.00. The van der Waals surface area contributed by atoms with E-state index in [-0.39, 0.29) is 11.6 Å². The van der Waals surface area contributed by atoms with Gasteiger partial charge in [0.1, 0.15) is 11.6 Å². The first-order valence-corrected chi connectivity index (χ1v) is 8.47. The predicted octanol–water partition coefficient (Wildman–Crippen LogP) is 5.02. The lowest BCUT2D eigenvalue weighted by molar-refractivity contribution is -0.118. The van der Waals surface area contributed by atoms with Gasteiger partial charge in [-0.3, -0.25) is 9.78 Å². The summed E-state index contributed by atoms with van der Waals surface area (Å²) in [6.45, 7) is 0. The summed E-state index contributed by atoms with van der Waals surface area (Å²) < 4.78 is 13.8. The van der Waals surface area contributed by atoms with Crippen molar-refractivity contribution in [2.75, 3.05) is 0 Å². The van der Waals surface area contributed by atoms with Gasteiger partial charge in [-0.15, -0.1) is 0 Å². The molecule has 3 rings (SSSR count). The summed E-state index contributed by atoms with van der Waals surface area (Å²) in [6, 6.07) is 18.4. The van der Waals surface area contributed by atoms with Crippen molar-refractivity contribution in [3.8, 4) is 11.1 Å². The van der Waals surface area contributed by atoms with E-state index in [4.69, 9.17) is 0 Å². The highest BCUT2D eigenvalue weighted by Crippen LogP contribution is 2.23. The molecule has 1 heterocycles. The normalized spacial score (nSPS) is 10.6. The van der Waals surface area contributed by atoms with Crippen LogP contribution in [0.3, 0.4) is 0 Å². The molecule has 0 saturated carbocycles. The van der Waals surface area contributed by atoms with Gasteiger partial charge in [0.2, 0.25) is 0 Å². The molecule has 0 unspecified atom stereocenters. The van der Waals surface area contributed by atoms with Gasteiger partial charge in [0, 0.05) is 30.8 Å². The number of hydrogen-bond acceptors (Lipinski definition) is 2. The van der Waals surface area contributed by atoms with Crippen LogP contribution >= 0.6 is 0 Å². The first-order chi connectivity index (χ1) is 12.2. The second kappa shape index (κ2) is 8.34. The van der Waals surface area contributed by atoms with Crippen molar-refractivity contribution in [2.45, 2.75) is 25.7 Å². The molecule has 2 nitrogen and oxygen atoms in total. The third kappa shape index (κ3) is 4.83. The summed E-state index contributed by atoms with van der Waals surface area (Å²) in [7, 11) is 0. The molecule has 0 spiro atoms. The zero-order valence-corrected chi connectivity index (χ0v) is 14.0. The number of carbonyl (C=O) groups is 1. The minimum Gasteiger partial charge on any atom is -0.299 e. The van der Waals surface area contributed by atoms with Crippen molar-refractivity contribution in [1.29, 1.82) is 0 Å². The molecule has 25 heavy (non-hydrogen) atoms. The maximum atomic E-state index is 13.8. The Bertz CT molecular complexity index is 828. The summed E-state index contributed by atoms with van der Waals surface area (Å²) in [5.74, 6) is 0.0206. The van der Waals surface area contributed by atoms with Crippen LogP contribution in [0.4, 0.5) is 4.39 Å². The number of pyridine rings is 1. The van der Waals surface area contributed by atoms with Crippen LogP contribution in [0.25, 0.3) is 11.1 Å². The van der Waals surface area contributed by atoms with E-state index in [1.54, 1.807) is 24.5 Å². The van der Waals surface area contributed by atoms with Gasteiger partial charge in [0.25, 0.3) is 0 Å². The van der Waals surface area contributed by atoms with Crippen molar-refractivity contribution in [3.05, 3.63) is 90.0 Å². The monoisotopic (exact) mass is 333 g/mol. The van der Waals surface area contributed by atoms with Crippen LogP contribution in [-0.4, -0.2) is 10.8 Å². The number of aromatic nitrogens is 1. The molecule has 3 aromatic rings. The van der Waals surface area contributed by atoms with E-state index < -0.39 is 0 Å². The number of Topliss-reactive ketones (excluding diaryl/α,β-unsaturated/α-hetero) is 1. The van der Waals surface area contributed by atoms with Crippen LogP contribution in [-0.2, 0) is 17.6 Å². The molecule has 0 aliphatic carbocycles. The number of carbonyl (C=O) groups excluding carboxylic acids is 1. The second-order valence-electron chi connectivity index (χ2n) is 6.11. The van der Waals surface area contributed by atoms with Gasteiger partial charge < -0.3 is 0 Å². The molecular formula is C22H20FNO. The first-order valence-electron chi connectivity index (χ1n) is 8.47.